The van der Waals surface area contributed by atoms with E-state index in [1.807, 2.05) is 31.2 Å². The number of nitrogens with one attached hydrogen (secondary N) is 1. The molecule has 1 atom stereocenters. The highest BCUT2D eigenvalue weighted by Gasteiger charge is 2.15. The van der Waals surface area contributed by atoms with Crippen LogP contribution >= 0.6 is 0 Å². The lowest BCUT2D eigenvalue weighted by Gasteiger charge is -2.18. The Morgan fingerprint density at radius 1 is 1.08 bits per heavy atom. The molecule has 0 saturated carbocycles. The number of nitrogens with zero attached hydrogens (tertiary/aromatic N) is 1. The predicted octanol–water partition coefficient (Wildman–Crippen LogP) is 3.68. The topological polar surface area (TPSA) is 41.6 Å². The van der Waals surface area contributed by atoms with Gasteiger partial charge >= 0.3 is 0 Å². The van der Waals surface area contributed by atoms with Crippen LogP contribution in [0.2, 0.25) is 0 Å². The predicted molar refractivity (Wildman–Crippen MR) is 101 cm³/mol. The highest BCUT2D eigenvalue weighted by atomic mass is 16.5. The number of hydrogen-bond acceptors (Lipinski definition) is 3. The number of benzene rings is 2. The van der Waals surface area contributed by atoms with E-state index in [1.54, 1.807) is 6.92 Å². The van der Waals surface area contributed by atoms with Gasteiger partial charge in [-0.3, -0.25) is 4.79 Å². The summed E-state index contributed by atoms with van der Waals surface area (Å²) >= 11 is 0. The second-order valence-corrected chi connectivity index (χ2v) is 6.65. The monoisotopic (exact) mass is 338 g/mol. The molecule has 1 aliphatic rings. The third kappa shape index (κ3) is 4.75. The normalized spacial score (nSPS) is 15.0. The third-order valence-corrected chi connectivity index (χ3v) is 4.58. The lowest BCUT2D eigenvalue weighted by atomic mass is 10.2. The van der Waals surface area contributed by atoms with Crippen molar-refractivity contribution in [3.05, 3.63) is 59.7 Å². The minimum atomic E-state index is -0.522. The van der Waals surface area contributed by atoms with Gasteiger partial charge in [-0.1, -0.05) is 29.8 Å². The molecule has 0 aliphatic carbocycles. The lowest BCUT2D eigenvalue weighted by Crippen LogP contribution is -2.35. The largest absolute Gasteiger partial charge is 0.481 e. The molecule has 1 fully saturated rings. The summed E-state index contributed by atoms with van der Waals surface area (Å²) in [7, 11) is 0. The summed E-state index contributed by atoms with van der Waals surface area (Å²) in [5.41, 5.74) is 3.53. The van der Waals surface area contributed by atoms with Crippen LogP contribution in [-0.2, 0) is 11.3 Å². The van der Waals surface area contributed by atoms with E-state index in [9.17, 15) is 4.79 Å². The highest BCUT2D eigenvalue weighted by Crippen LogP contribution is 2.20. The minimum Gasteiger partial charge on any atom is -0.481 e. The molecule has 1 heterocycles. The van der Waals surface area contributed by atoms with E-state index >= 15 is 0 Å². The molecule has 3 rings (SSSR count). The molecule has 0 bridgehead atoms. The zero-order valence-electron chi connectivity index (χ0n) is 15.0. The number of rotatable bonds is 6. The van der Waals surface area contributed by atoms with E-state index in [0.717, 1.165) is 18.7 Å². The van der Waals surface area contributed by atoms with Crippen LogP contribution < -0.4 is 15.0 Å². The Labute approximate surface area is 149 Å². The van der Waals surface area contributed by atoms with Gasteiger partial charge < -0.3 is 15.0 Å². The first kappa shape index (κ1) is 17.3. The van der Waals surface area contributed by atoms with Crippen molar-refractivity contribution < 1.29 is 9.53 Å². The van der Waals surface area contributed by atoms with Crippen LogP contribution in [0, 0.1) is 6.92 Å². The standard InChI is InChI=1S/C21H26N2O2/c1-16-5-11-20(12-6-16)25-17(2)21(24)22-15-18-7-9-19(10-8-18)23-13-3-4-14-23/h5-12,17H,3-4,13-15H2,1-2H3,(H,22,24). The Balaban J connectivity index is 1.48. The Bertz CT molecular complexity index is 689. The van der Waals surface area contributed by atoms with Gasteiger partial charge in [-0.2, -0.15) is 0 Å². The molecule has 1 amide bonds. The summed E-state index contributed by atoms with van der Waals surface area (Å²) in [6, 6.07) is 16.2. The van der Waals surface area contributed by atoms with Gasteiger partial charge in [-0.05, 0) is 56.5 Å². The Hall–Kier alpha value is -2.49. The molecule has 4 heteroatoms. The second-order valence-electron chi connectivity index (χ2n) is 6.65. The summed E-state index contributed by atoms with van der Waals surface area (Å²) < 4.78 is 5.69. The molecule has 2 aromatic rings. The molecule has 1 saturated heterocycles. The number of hydrogen-bond donors (Lipinski definition) is 1. The summed E-state index contributed by atoms with van der Waals surface area (Å²) in [5.74, 6) is 0.604. The van der Waals surface area contributed by atoms with E-state index in [-0.39, 0.29) is 5.91 Å². The maximum Gasteiger partial charge on any atom is 0.261 e. The average Bonchev–Trinajstić information content (AvgIpc) is 3.16. The summed E-state index contributed by atoms with van der Waals surface area (Å²) in [6.07, 6.45) is 2.03. The van der Waals surface area contributed by atoms with Crippen LogP contribution in [0.1, 0.15) is 30.9 Å². The van der Waals surface area contributed by atoms with Crippen molar-refractivity contribution in [2.45, 2.75) is 39.3 Å². The molecule has 0 aromatic heterocycles. The highest BCUT2D eigenvalue weighted by molar-refractivity contribution is 5.80. The van der Waals surface area contributed by atoms with E-state index < -0.39 is 6.10 Å². The molecule has 1 aliphatic heterocycles. The summed E-state index contributed by atoms with van der Waals surface area (Å²) in [4.78, 5) is 14.6. The zero-order valence-corrected chi connectivity index (χ0v) is 15.0. The van der Waals surface area contributed by atoms with Crippen molar-refractivity contribution in [1.29, 1.82) is 0 Å². The van der Waals surface area contributed by atoms with Gasteiger partial charge in [0, 0.05) is 25.3 Å². The molecule has 4 nitrogen and oxygen atoms in total. The average molecular weight is 338 g/mol. The van der Waals surface area contributed by atoms with Crippen molar-refractivity contribution >= 4 is 11.6 Å². The maximum atomic E-state index is 12.2. The van der Waals surface area contributed by atoms with Crippen molar-refractivity contribution in [1.82, 2.24) is 5.32 Å². The van der Waals surface area contributed by atoms with Gasteiger partial charge in [0.2, 0.25) is 0 Å². The smallest absolute Gasteiger partial charge is 0.261 e. The number of ether oxygens (including phenoxy) is 1. The Morgan fingerprint density at radius 3 is 2.36 bits per heavy atom. The van der Waals surface area contributed by atoms with Crippen LogP contribution in [0.5, 0.6) is 5.75 Å². The van der Waals surface area contributed by atoms with Crippen LogP contribution in [-0.4, -0.2) is 25.1 Å². The molecule has 1 unspecified atom stereocenters. The fraction of sp³-hybridized carbons (Fsp3) is 0.381. The third-order valence-electron chi connectivity index (χ3n) is 4.58. The second kappa shape index (κ2) is 8.06. The molecule has 132 valence electrons. The van der Waals surface area contributed by atoms with E-state index in [0.29, 0.717) is 12.3 Å². The van der Waals surface area contributed by atoms with Crippen molar-refractivity contribution in [2.24, 2.45) is 0 Å². The SMILES string of the molecule is Cc1ccc(OC(C)C(=O)NCc2ccc(N3CCCC3)cc2)cc1. The Kier molecular flexibility index (Phi) is 5.59. The van der Waals surface area contributed by atoms with E-state index in [2.05, 4.69) is 34.5 Å². The number of carbonyl (C=O) groups excluding carboxylic acids is 1. The fourth-order valence-electron chi connectivity index (χ4n) is 3.01. The quantitative estimate of drug-likeness (QED) is 0.873. The number of amides is 1. The van der Waals surface area contributed by atoms with Crippen molar-refractivity contribution in [3.8, 4) is 5.75 Å². The number of anilines is 1. The van der Waals surface area contributed by atoms with Gasteiger partial charge in [-0.15, -0.1) is 0 Å². The molecule has 0 radical (unpaired) electrons. The van der Waals surface area contributed by atoms with E-state index in [1.165, 1.54) is 24.1 Å². The molecule has 25 heavy (non-hydrogen) atoms. The number of carbonyl (C=O) groups is 1. The van der Waals surface area contributed by atoms with Crippen LogP contribution in [0.3, 0.4) is 0 Å². The zero-order chi connectivity index (χ0) is 17.6. The lowest BCUT2D eigenvalue weighted by molar-refractivity contribution is -0.127. The van der Waals surface area contributed by atoms with E-state index in [4.69, 9.17) is 4.74 Å². The van der Waals surface area contributed by atoms with Gasteiger partial charge in [0.25, 0.3) is 5.91 Å². The summed E-state index contributed by atoms with van der Waals surface area (Å²) in [5, 5.41) is 2.94. The minimum absolute atomic E-state index is 0.107. The molecular weight excluding hydrogens is 312 g/mol. The molecule has 0 spiro atoms. The Morgan fingerprint density at radius 2 is 1.72 bits per heavy atom. The first-order chi connectivity index (χ1) is 12.1. The van der Waals surface area contributed by atoms with Crippen LogP contribution in [0.15, 0.2) is 48.5 Å². The maximum absolute atomic E-state index is 12.2. The molecular formula is C21H26N2O2. The van der Waals surface area contributed by atoms with Crippen molar-refractivity contribution in [2.75, 3.05) is 18.0 Å². The van der Waals surface area contributed by atoms with Crippen molar-refractivity contribution in [3.63, 3.8) is 0 Å². The fourth-order valence-corrected chi connectivity index (χ4v) is 3.01. The van der Waals surface area contributed by atoms with Gasteiger partial charge in [0.05, 0.1) is 0 Å². The molecule has 2 aromatic carbocycles. The van der Waals surface area contributed by atoms with Gasteiger partial charge in [0.1, 0.15) is 5.75 Å². The van der Waals surface area contributed by atoms with Crippen LogP contribution in [0.4, 0.5) is 5.69 Å². The summed E-state index contributed by atoms with van der Waals surface area (Å²) in [6.45, 7) is 6.59. The molecule has 1 N–H and O–H groups in total. The first-order valence-corrected chi connectivity index (χ1v) is 8.97. The van der Waals surface area contributed by atoms with Gasteiger partial charge in [-0.25, -0.2) is 0 Å². The first-order valence-electron chi connectivity index (χ1n) is 8.97. The van der Waals surface area contributed by atoms with Gasteiger partial charge in [0.15, 0.2) is 6.10 Å². The number of aryl methyl sites for hydroxylation is 1. The van der Waals surface area contributed by atoms with Crippen LogP contribution in [0.25, 0.3) is 0 Å².